The zero-order chi connectivity index (χ0) is 109. The number of nitrogen functional groups attached to an aromatic ring is 1. The molecule has 7 rings (SSSR count). The molecule has 0 unspecified atom stereocenters. The van der Waals surface area contributed by atoms with Crippen molar-refractivity contribution in [2.45, 2.75) is 214 Å². The Bertz CT molecular complexity index is 5410. The molecule has 808 valence electrons. The summed E-state index contributed by atoms with van der Waals surface area (Å²) in [5, 5.41) is 103. The molecule has 8 atom stereocenters. The van der Waals surface area contributed by atoms with Crippen molar-refractivity contribution >= 4 is 147 Å². The van der Waals surface area contributed by atoms with Gasteiger partial charge in [0.15, 0.2) is 47.3 Å². The minimum Gasteiger partial charge on any atom is -0.456 e. The Morgan fingerprint density at radius 1 is 0.358 bits per heavy atom. The molecule has 0 bridgehead atoms. The standard InChI is InChI=1S/C94H146N38O15S/c1-131(2)54-31-34-58-69(51-54)146-70-52-55(132(3)4)32-35-59(70)94(58)57-33-30-53(50-56(57)85(145)147-94)76(136)111-41-12-9-20-61(75(95)135)124-79(139)64(23-15-44-116-88(100)101)126-81(141)66(25-17-46-118-90(104)105)128-83(143)68(27-19-48-120-92(108)109)129-82(142)67(26-18-47-119-91(106)107)127-80(140)65(24-16-45-117-89(102)103)125-78(138)63(22-14-43-115-87(98)99)123-74(134)29-7-5-10-39-112-77(137)62(21-13-42-114-86(96)97)122-73(133)28-8-6-11-40-113-84(144)72-37-36-71(148-72)60-38-49-121-93(110)130-60/h30-38,49-52,61-68H,5-29,39-48H2,1-4H3,(H2,95,135)(H,111,136)(H,112,137)(H,113,144)(H,122,133)(H,123,134)(H,124,139)(H,125,138)(H,126,141)(H,127,140)(H,128,143)(H,129,142)(H4,96,97,114)(H4,98,99,115)(H4,100,101,116)(H4,102,103,117)(H4,104,105,118)(H4,106,107,119)(H4,108,109,120)(H2,110,121,130)/t61-,62-,63-,64-,65-,66-,67-,68-/m1/s1. The lowest BCUT2D eigenvalue weighted by atomic mass is 9.77. The van der Waals surface area contributed by atoms with Crippen LogP contribution in [0, 0.1) is 37.9 Å². The normalized spacial score (nSPS) is 13.3. The number of rotatable bonds is 66. The molecule has 12 amide bonds. The van der Waals surface area contributed by atoms with Crippen LogP contribution in [0.5, 0.6) is 11.5 Å². The van der Waals surface area contributed by atoms with Gasteiger partial charge in [-0.25, -0.2) is 14.8 Å². The predicted octanol–water partition coefficient (Wildman–Crippen LogP) is -2.74. The number of primary amides is 1. The van der Waals surface area contributed by atoms with Crippen LogP contribution in [-0.4, -0.2) is 271 Å². The van der Waals surface area contributed by atoms with Gasteiger partial charge in [-0.15, -0.1) is 11.3 Å². The number of benzene rings is 3. The molecule has 43 N–H and O–H groups in total. The molecule has 148 heavy (non-hydrogen) atoms. The number of guanidine groups is 7. The molecule has 2 aliphatic heterocycles. The highest BCUT2D eigenvalue weighted by atomic mass is 32.1. The van der Waals surface area contributed by atoms with Gasteiger partial charge >= 0.3 is 5.97 Å². The van der Waals surface area contributed by atoms with Crippen LogP contribution < -0.4 is 162 Å². The van der Waals surface area contributed by atoms with E-state index in [1.807, 2.05) is 74.4 Å². The van der Waals surface area contributed by atoms with Crippen molar-refractivity contribution in [2.75, 3.05) is 109 Å². The van der Waals surface area contributed by atoms with Crippen LogP contribution in [0.3, 0.4) is 0 Å². The van der Waals surface area contributed by atoms with Crippen molar-refractivity contribution in [1.29, 1.82) is 37.9 Å². The largest absolute Gasteiger partial charge is 0.456 e. The van der Waals surface area contributed by atoms with Gasteiger partial charge in [0.05, 0.1) is 21.0 Å². The molecule has 4 heterocycles. The monoisotopic (exact) mass is 2080 g/mol. The van der Waals surface area contributed by atoms with Crippen LogP contribution in [0.2, 0.25) is 0 Å². The molecular weight excluding hydrogens is 1930 g/mol. The Labute approximate surface area is 861 Å². The molecule has 2 aromatic heterocycles. The first kappa shape index (κ1) is 119. The Hall–Kier alpha value is -16.4. The van der Waals surface area contributed by atoms with Gasteiger partial charge in [0, 0.05) is 158 Å². The molecule has 0 aliphatic carbocycles. The van der Waals surface area contributed by atoms with Crippen molar-refractivity contribution in [3.05, 3.63) is 112 Å². The number of anilines is 3. The number of aromatic nitrogens is 2. The number of unbranched alkanes of at least 4 members (excludes halogenated alkanes) is 5. The van der Waals surface area contributed by atoms with Crippen LogP contribution in [0.15, 0.2) is 79.0 Å². The third-order valence-electron chi connectivity index (χ3n) is 23.8. The van der Waals surface area contributed by atoms with Crippen LogP contribution in [0.4, 0.5) is 17.3 Å². The molecule has 0 radical (unpaired) electrons. The van der Waals surface area contributed by atoms with Gasteiger partial charge < -0.3 is 167 Å². The summed E-state index contributed by atoms with van der Waals surface area (Å²) in [4.78, 5) is 197. The number of nitrogens with zero attached hydrogens (tertiary/aromatic N) is 4. The van der Waals surface area contributed by atoms with Gasteiger partial charge in [-0.2, -0.15) is 0 Å². The van der Waals surface area contributed by atoms with Gasteiger partial charge in [-0.1, -0.05) is 18.9 Å². The van der Waals surface area contributed by atoms with E-state index in [2.05, 4.69) is 106 Å². The summed E-state index contributed by atoms with van der Waals surface area (Å²) in [7, 11) is 7.57. The van der Waals surface area contributed by atoms with E-state index >= 15 is 9.59 Å². The summed E-state index contributed by atoms with van der Waals surface area (Å²) in [5.41, 5.74) is 53.6. The fourth-order valence-corrected chi connectivity index (χ4v) is 17.0. The second kappa shape index (κ2) is 61.1. The van der Waals surface area contributed by atoms with E-state index in [0.29, 0.717) is 83.8 Å². The summed E-state index contributed by atoms with van der Waals surface area (Å²) < 4.78 is 12.9. The smallest absolute Gasteiger partial charge is 0.340 e. The van der Waals surface area contributed by atoms with Gasteiger partial charge in [-0.3, -0.25) is 95.4 Å². The van der Waals surface area contributed by atoms with Gasteiger partial charge in [0.25, 0.3) is 11.8 Å². The molecule has 3 aromatic carbocycles. The zero-order valence-corrected chi connectivity index (χ0v) is 84.7. The average molecular weight is 2080 g/mol. The van der Waals surface area contributed by atoms with Crippen molar-refractivity contribution in [3.63, 3.8) is 0 Å². The number of nitrogens with two attached hydrogens (primary N) is 9. The number of hydrogen-bond donors (Lipinski definition) is 34. The van der Waals surface area contributed by atoms with E-state index < -0.39 is 149 Å². The van der Waals surface area contributed by atoms with Crippen molar-refractivity contribution in [2.24, 2.45) is 45.9 Å². The topological polar surface area (TPSA) is 890 Å². The fraction of sp³-hybridized carbons (Fsp3) is 0.511. The molecule has 53 nitrogen and oxygen atoms in total. The Morgan fingerprint density at radius 3 is 1.05 bits per heavy atom. The van der Waals surface area contributed by atoms with Crippen LogP contribution >= 0.6 is 11.3 Å². The van der Waals surface area contributed by atoms with Gasteiger partial charge in [-0.05, 0) is 189 Å². The number of amides is 12. The van der Waals surface area contributed by atoms with E-state index in [1.54, 1.807) is 30.3 Å². The van der Waals surface area contributed by atoms with Crippen LogP contribution in [-0.2, 0) is 58.3 Å². The third kappa shape index (κ3) is 40.0. The number of ether oxygens (including phenoxy) is 2. The number of thiophene rings is 1. The highest BCUT2D eigenvalue weighted by Crippen LogP contribution is 2.57. The molecular formula is C94H146N38O15S. The maximum atomic E-state index is 15.1. The maximum Gasteiger partial charge on any atom is 0.340 e. The highest BCUT2D eigenvalue weighted by molar-refractivity contribution is 7.17. The minimum atomic E-state index is -1.59. The van der Waals surface area contributed by atoms with E-state index in [0.717, 1.165) is 16.3 Å². The van der Waals surface area contributed by atoms with E-state index in [-0.39, 0.29) is 222 Å². The predicted molar refractivity (Wildman–Crippen MR) is 560 cm³/mol. The first-order valence-electron chi connectivity index (χ1n) is 49.0. The van der Waals surface area contributed by atoms with Crippen LogP contribution in [0.1, 0.15) is 208 Å². The number of carbonyl (C=O) groups is 13. The number of hydrogen-bond acceptors (Lipinski definition) is 28. The highest BCUT2D eigenvalue weighted by Gasteiger charge is 2.54. The number of esters is 1. The molecule has 5 aromatic rings. The second-order valence-corrected chi connectivity index (χ2v) is 36.9. The molecule has 2 aliphatic rings. The lowest BCUT2D eigenvalue weighted by molar-refractivity contribution is -0.136. The van der Waals surface area contributed by atoms with E-state index in [4.69, 9.17) is 98.9 Å². The fourth-order valence-electron chi connectivity index (χ4n) is 16.1. The number of fused-ring (bicyclic) bond motifs is 6. The third-order valence-corrected chi connectivity index (χ3v) is 24.9. The maximum absolute atomic E-state index is 15.1. The summed E-state index contributed by atoms with van der Waals surface area (Å²) >= 11 is 1.26. The SMILES string of the molecule is CN(C)c1ccc2c(c1)Oc1cc(N(C)C)ccc1C21OC(=O)c2cc(C(=O)NCCCC[C@@H](NC(=O)[C@@H](CCCNC(=N)N)NC(=O)[C@@H](CCCNC(=N)N)NC(=O)[C@@H](CCCNC(=N)N)NC(=O)[C@@H](CCCNC(=N)N)NC(=O)[C@@H](CCCNC(=N)N)NC(=O)[C@@H](CCCNC(=N)N)NC(=O)CCCCCNC(=O)[C@@H](CCCNC(=N)N)NC(=O)CCCCCNC(=O)c3ccc(-c4ccnc(N)n4)s3)C(N)=O)ccc21. The van der Waals surface area contributed by atoms with Gasteiger partial charge in [0.1, 0.15) is 59.8 Å². The second-order valence-electron chi connectivity index (χ2n) is 35.9. The summed E-state index contributed by atoms with van der Waals surface area (Å²) in [6, 6.07) is 9.76. The first-order chi connectivity index (χ1) is 70.5. The Balaban J connectivity index is 1.000. The lowest BCUT2D eigenvalue weighted by Gasteiger charge is -2.37. The summed E-state index contributed by atoms with van der Waals surface area (Å²) in [6.07, 6.45) is 4.36. The van der Waals surface area contributed by atoms with Crippen LogP contribution in [0.25, 0.3) is 10.6 Å². The molecule has 0 saturated heterocycles. The van der Waals surface area contributed by atoms with Crippen molar-refractivity contribution < 1.29 is 71.8 Å². The number of carbonyl (C=O) groups excluding carboxylic acids is 13. The molecule has 0 saturated carbocycles. The molecule has 1 spiro atoms. The average Bonchev–Trinajstić information content (AvgIpc) is 1.52. The first-order valence-corrected chi connectivity index (χ1v) is 49.8. The Kier molecular flexibility index (Phi) is 48.9. The zero-order valence-electron chi connectivity index (χ0n) is 83.9. The van der Waals surface area contributed by atoms with Crippen molar-refractivity contribution in [1.82, 2.24) is 106 Å². The Morgan fingerprint density at radius 2 is 0.689 bits per heavy atom. The van der Waals surface area contributed by atoms with E-state index in [9.17, 15) is 52.7 Å². The summed E-state index contributed by atoms with van der Waals surface area (Å²) in [6.45, 7) is 0.840. The minimum absolute atomic E-state index is 0.00549. The quantitative estimate of drug-likeness (QED) is 0.00813. The lowest BCUT2D eigenvalue weighted by Crippen LogP contribution is -2.60. The number of nitrogens with one attached hydrogen (secondary N) is 25. The van der Waals surface area contributed by atoms with Gasteiger partial charge in [0.2, 0.25) is 65.0 Å². The molecule has 54 heteroatoms. The van der Waals surface area contributed by atoms with Crippen molar-refractivity contribution in [3.8, 4) is 22.1 Å². The van der Waals surface area contributed by atoms with E-state index in [1.165, 1.54) is 23.6 Å². The summed E-state index contributed by atoms with van der Waals surface area (Å²) in [5.74, 6) is -11.2. The molecule has 0 fully saturated rings.